The zero-order valence-corrected chi connectivity index (χ0v) is 17.0. The van der Waals surface area contributed by atoms with Crippen molar-refractivity contribution in [3.05, 3.63) is 53.6 Å². The number of H-pyrrole nitrogens is 1. The number of aromatic amines is 1. The number of benzene rings is 2. The molecule has 2 aromatic carbocycles. The van der Waals surface area contributed by atoms with Crippen molar-refractivity contribution in [1.82, 2.24) is 9.88 Å². The van der Waals surface area contributed by atoms with Gasteiger partial charge in [-0.1, -0.05) is 32.0 Å². The molecule has 0 aliphatic rings. The number of aromatic hydroxyl groups is 1. The number of hydrogen-bond donors (Lipinski definition) is 3. The molecule has 28 heavy (non-hydrogen) atoms. The van der Waals surface area contributed by atoms with Gasteiger partial charge in [0, 0.05) is 29.3 Å². The van der Waals surface area contributed by atoms with Crippen molar-refractivity contribution >= 4 is 28.5 Å². The Morgan fingerprint density at radius 3 is 2.68 bits per heavy atom. The Kier molecular flexibility index (Phi) is 6.71. The molecule has 3 aromatic rings. The highest BCUT2D eigenvalue weighted by Gasteiger charge is 2.08. The fraction of sp³-hybridized carbons (Fsp3) is 0.348. The number of aliphatic imine (C=N–C) groups is 1. The summed E-state index contributed by atoms with van der Waals surface area (Å²) in [7, 11) is 0. The normalized spacial score (nSPS) is 11.7. The van der Waals surface area contributed by atoms with Gasteiger partial charge >= 0.3 is 0 Å². The lowest BCUT2D eigenvalue weighted by Crippen LogP contribution is -2.25. The number of aromatic nitrogens is 1. The number of fused-ring (bicyclic) bond motifs is 1. The molecule has 1 heterocycles. The van der Waals surface area contributed by atoms with Crippen LogP contribution in [0.15, 0.2) is 47.5 Å². The number of para-hydroxylation sites is 1. The first-order valence-corrected chi connectivity index (χ1v) is 10.0. The summed E-state index contributed by atoms with van der Waals surface area (Å²) in [5.74, 6) is 0.146. The minimum absolute atomic E-state index is 0.146. The van der Waals surface area contributed by atoms with Crippen molar-refractivity contribution in [3.8, 4) is 5.88 Å². The topological polar surface area (TPSA) is 63.6 Å². The van der Waals surface area contributed by atoms with E-state index in [-0.39, 0.29) is 5.88 Å². The van der Waals surface area contributed by atoms with Crippen LogP contribution in [0.5, 0.6) is 5.88 Å². The summed E-state index contributed by atoms with van der Waals surface area (Å²) in [6, 6.07) is 14.0. The highest BCUT2D eigenvalue weighted by molar-refractivity contribution is 6.02. The predicted molar refractivity (Wildman–Crippen MR) is 119 cm³/mol. The maximum atomic E-state index is 10.1. The Morgan fingerprint density at radius 2 is 1.93 bits per heavy atom. The van der Waals surface area contributed by atoms with E-state index in [0.29, 0.717) is 5.56 Å². The number of hydrogen-bond acceptors (Lipinski definition) is 4. The standard InChI is InChI=1S/C23H30N4O/c1-4-27(5-2)14-8-13-24-21-12-11-18(15-17(21)3)25-16-20-19-9-6-7-10-22(19)26-23(20)28/h6-7,9-12,15-16,24,26,28H,4-5,8,13-14H2,1-3H3. The third-order valence-electron chi connectivity index (χ3n) is 5.14. The quantitative estimate of drug-likeness (QED) is 0.359. The Bertz CT molecular complexity index is 941. The molecule has 0 bridgehead atoms. The second-order valence-electron chi connectivity index (χ2n) is 7.00. The highest BCUT2D eigenvalue weighted by Crippen LogP contribution is 2.27. The fourth-order valence-electron chi connectivity index (χ4n) is 3.41. The van der Waals surface area contributed by atoms with E-state index in [9.17, 15) is 5.11 Å². The van der Waals surface area contributed by atoms with Crippen LogP contribution in [0.3, 0.4) is 0 Å². The van der Waals surface area contributed by atoms with Crippen LogP contribution in [-0.2, 0) is 0 Å². The van der Waals surface area contributed by atoms with Crippen molar-refractivity contribution in [2.75, 3.05) is 31.5 Å². The Balaban J connectivity index is 1.64. The van der Waals surface area contributed by atoms with Crippen molar-refractivity contribution in [2.45, 2.75) is 27.2 Å². The number of nitrogens with zero attached hydrogens (tertiary/aromatic N) is 2. The van der Waals surface area contributed by atoms with Gasteiger partial charge in [0.15, 0.2) is 5.88 Å². The summed E-state index contributed by atoms with van der Waals surface area (Å²) in [5.41, 5.74) is 4.80. The van der Waals surface area contributed by atoms with Gasteiger partial charge in [0.25, 0.3) is 0 Å². The van der Waals surface area contributed by atoms with Gasteiger partial charge in [0.2, 0.25) is 0 Å². The summed E-state index contributed by atoms with van der Waals surface area (Å²) in [5, 5.41) is 14.6. The van der Waals surface area contributed by atoms with E-state index in [1.54, 1.807) is 6.21 Å². The summed E-state index contributed by atoms with van der Waals surface area (Å²) < 4.78 is 0. The number of rotatable bonds is 9. The summed E-state index contributed by atoms with van der Waals surface area (Å²) >= 11 is 0. The van der Waals surface area contributed by atoms with Crippen LogP contribution in [0.25, 0.3) is 10.9 Å². The van der Waals surface area contributed by atoms with Gasteiger partial charge in [0.05, 0.1) is 11.3 Å². The van der Waals surface area contributed by atoms with Gasteiger partial charge in [-0.05, 0) is 62.8 Å². The molecule has 0 unspecified atom stereocenters. The van der Waals surface area contributed by atoms with Crippen LogP contribution in [0.1, 0.15) is 31.4 Å². The van der Waals surface area contributed by atoms with E-state index in [4.69, 9.17) is 0 Å². The van der Waals surface area contributed by atoms with Crippen molar-refractivity contribution < 1.29 is 5.11 Å². The van der Waals surface area contributed by atoms with E-state index in [1.165, 1.54) is 5.56 Å². The molecule has 3 rings (SSSR count). The fourth-order valence-corrected chi connectivity index (χ4v) is 3.41. The minimum Gasteiger partial charge on any atom is -0.494 e. The maximum absolute atomic E-state index is 10.1. The molecule has 0 fully saturated rings. The molecule has 0 saturated carbocycles. The van der Waals surface area contributed by atoms with Gasteiger partial charge in [-0.2, -0.15) is 0 Å². The van der Waals surface area contributed by atoms with E-state index in [2.05, 4.69) is 53.1 Å². The molecular formula is C23H30N4O. The zero-order chi connectivity index (χ0) is 19.9. The van der Waals surface area contributed by atoms with Gasteiger partial charge in [0.1, 0.15) is 0 Å². The minimum atomic E-state index is 0.146. The predicted octanol–water partition coefficient (Wildman–Crippen LogP) is 5.08. The van der Waals surface area contributed by atoms with E-state index >= 15 is 0 Å². The van der Waals surface area contributed by atoms with Crippen molar-refractivity contribution in [1.29, 1.82) is 0 Å². The molecule has 0 saturated heterocycles. The van der Waals surface area contributed by atoms with Crippen molar-refractivity contribution in [2.24, 2.45) is 4.99 Å². The zero-order valence-electron chi connectivity index (χ0n) is 17.0. The van der Waals surface area contributed by atoms with Crippen LogP contribution in [0.2, 0.25) is 0 Å². The molecule has 0 aliphatic heterocycles. The monoisotopic (exact) mass is 378 g/mol. The SMILES string of the molecule is CCN(CC)CCCNc1ccc(N=Cc2c(O)[nH]c3ccccc23)cc1C. The van der Waals surface area contributed by atoms with Crippen molar-refractivity contribution in [3.63, 3.8) is 0 Å². The van der Waals surface area contributed by atoms with E-state index in [1.807, 2.05) is 30.3 Å². The third kappa shape index (κ3) is 4.73. The first-order chi connectivity index (χ1) is 13.6. The smallest absolute Gasteiger partial charge is 0.198 e. The number of nitrogens with one attached hydrogen (secondary N) is 2. The Labute approximate surface area is 167 Å². The molecule has 0 radical (unpaired) electrons. The lowest BCUT2D eigenvalue weighted by molar-refractivity contribution is 0.303. The van der Waals surface area contributed by atoms with E-state index in [0.717, 1.165) is 54.9 Å². The summed E-state index contributed by atoms with van der Waals surface area (Å²) in [6.45, 7) is 10.8. The Hall–Kier alpha value is -2.79. The van der Waals surface area contributed by atoms with Crippen LogP contribution >= 0.6 is 0 Å². The molecule has 5 nitrogen and oxygen atoms in total. The molecule has 1 aromatic heterocycles. The molecule has 0 amide bonds. The summed E-state index contributed by atoms with van der Waals surface area (Å²) in [4.78, 5) is 9.98. The summed E-state index contributed by atoms with van der Waals surface area (Å²) in [6.07, 6.45) is 2.85. The molecular weight excluding hydrogens is 348 g/mol. The largest absolute Gasteiger partial charge is 0.494 e. The molecule has 5 heteroatoms. The lowest BCUT2D eigenvalue weighted by Gasteiger charge is -2.18. The van der Waals surface area contributed by atoms with E-state index < -0.39 is 0 Å². The van der Waals surface area contributed by atoms with Crippen LogP contribution in [0.4, 0.5) is 11.4 Å². The lowest BCUT2D eigenvalue weighted by atomic mass is 10.1. The van der Waals surface area contributed by atoms with Crippen LogP contribution in [0, 0.1) is 6.92 Å². The van der Waals surface area contributed by atoms with Gasteiger partial charge < -0.3 is 20.3 Å². The van der Waals surface area contributed by atoms with Gasteiger partial charge in [-0.3, -0.25) is 4.99 Å². The molecule has 3 N–H and O–H groups in total. The Morgan fingerprint density at radius 1 is 1.14 bits per heavy atom. The average molecular weight is 379 g/mol. The second-order valence-corrected chi connectivity index (χ2v) is 7.00. The van der Waals surface area contributed by atoms with Crippen LogP contribution < -0.4 is 5.32 Å². The highest BCUT2D eigenvalue weighted by atomic mass is 16.3. The van der Waals surface area contributed by atoms with Gasteiger partial charge in [-0.15, -0.1) is 0 Å². The first kappa shape index (κ1) is 20.0. The molecule has 148 valence electrons. The molecule has 0 spiro atoms. The van der Waals surface area contributed by atoms with Crippen LogP contribution in [-0.4, -0.2) is 47.4 Å². The average Bonchev–Trinajstić information content (AvgIpc) is 3.02. The maximum Gasteiger partial charge on any atom is 0.198 e. The number of anilines is 1. The third-order valence-corrected chi connectivity index (χ3v) is 5.14. The number of aryl methyl sites for hydroxylation is 1. The second kappa shape index (κ2) is 9.42. The first-order valence-electron chi connectivity index (χ1n) is 10.0. The van der Waals surface area contributed by atoms with Gasteiger partial charge in [-0.25, -0.2) is 0 Å². The molecule has 0 atom stereocenters. The molecule has 0 aliphatic carbocycles.